The maximum atomic E-state index is 12.2. The van der Waals surface area contributed by atoms with Crippen molar-refractivity contribution < 1.29 is 14.3 Å². The van der Waals surface area contributed by atoms with E-state index < -0.39 is 5.97 Å². The molecule has 7 heteroatoms. The fraction of sp³-hybridized carbons (Fsp3) is 0.444. The number of nitrogens with zero attached hydrogens (tertiary/aromatic N) is 1. The van der Waals surface area contributed by atoms with Gasteiger partial charge in [0.05, 0.1) is 5.39 Å². The van der Waals surface area contributed by atoms with Crippen molar-refractivity contribution >= 4 is 22.6 Å². The van der Waals surface area contributed by atoms with E-state index in [4.69, 9.17) is 4.74 Å². The van der Waals surface area contributed by atoms with Crippen LogP contribution in [0.15, 0.2) is 29.1 Å². The van der Waals surface area contributed by atoms with Crippen LogP contribution < -0.4 is 10.9 Å². The molecule has 7 nitrogen and oxygen atoms in total. The van der Waals surface area contributed by atoms with Crippen molar-refractivity contribution in [3.05, 3.63) is 40.3 Å². The molecule has 0 saturated heterocycles. The molecule has 0 spiro atoms. The normalized spacial score (nSPS) is 20.2. The first kappa shape index (κ1) is 17.1. The van der Waals surface area contributed by atoms with Crippen LogP contribution in [0.3, 0.4) is 0 Å². The summed E-state index contributed by atoms with van der Waals surface area (Å²) in [6.07, 6.45) is 4.33. The maximum absolute atomic E-state index is 12.2. The number of hydrogen-bond donors (Lipinski definition) is 2. The van der Waals surface area contributed by atoms with E-state index in [1.54, 1.807) is 24.3 Å². The number of aromatic amines is 1. The number of fused-ring (bicyclic) bond motifs is 1. The second-order valence-electron chi connectivity index (χ2n) is 6.46. The lowest BCUT2D eigenvalue weighted by atomic mass is 9.86. The molecule has 25 heavy (non-hydrogen) atoms. The zero-order valence-electron chi connectivity index (χ0n) is 14.1. The highest BCUT2D eigenvalue weighted by Crippen LogP contribution is 2.23. The summed E-state index contributed by atoms with van der Waals surface area (Å²) in [6.45, 7) is 1.75. The van der Waals surface area contributed by atoms with Crippen molar-refractivity contribution in [2.45, 2.75) is 38.6 Å². The average Bonchev–Trinajstić information content (AvgIpc) is 2.62. The van der Waals surface area contributed by atoms with Gasteiger partial charge in [-0.25, -0.2) is 9.89 Å². The molecule has 2 N–H and O–H groups in total. The lowest BCUT2D eigenvalue weighted by Crippen LogP contribution is -2.42. The van der Waals surface area contributed by atoms with Gasteiger partial charge in [-0.1, -0.05) is 38.0 Å². The summed E-state index contributed by atoms with van der Waals surface area (Å²) in [7, 11) is 0. The molecule has 3 rings (SSSR count). The van der Waals surface area contributed by atoms with Crippen LogP contribution in [0.4, 0.5) is 0 Å². The summed E-state index contributed by atoms with van der Waals surface area (Å²) < 4.78 is 5.08. The number of H-pyrrole nitrogens is 1. The minimum Gasteiger partial charge on any atom is -0.451 e. The number of carbonyl (C=O) groups excluding carboxylic acids is 2. The first-order chi connectivity index (χ1) is 12.1. The van der Waals surface area contributed by atoms with Crippen LogP contribution in [0.1, 0.15) is 43.1 Å². The topological polar surface area (TPSA) is 101 Å². The SMILES string of the molecule is C[C@H]1CCCC[C@@H]1NC(=O)COC(=O)c1n[nH]c(=O)c2ccccc12. The maximum Gasteiger partial charge on any atom is 0.359 e. The third-order valence-electron chi connectivity index (χ3n) is 4.68. The van der Waals surface area contributed by atoms with E-state index in [1.165, 1.54) is 6.42 Å². The third-order valence-corrected chi connectivity index (χ3v) is 4.68. The minimum atomic E-state index is -0.737. The zero-order valence-corrected chi connectivity index (χ0v) is 14.1. The molecule has 1 aliphatic carbocycles. The predicted octanol–water partition coefficient (Wildman–Crippen LogP) is 1.77. The van der Waals surface area contributed by atoms with E-state index in [0.717, 1.165) is 19.3 Å². The Morgan fingerprint density at radius 2 is 1.96 bits per heavy atom. The molecule has 1 saturated carbocycles. The molecular weight excluding hydrogens is 322 g/mol. The van der Waals surface area contributed by atoms with E-state index in [1.807, 2.05) is 0 Å². The minimum absolute atomic E-state index is 0.00552. The Bertz CT molecular complexity index is 846. The predicted molar refractivity (Wildman–Crippen MR) is 92.2 cm³/mol. The van der Waals surface area contributed by atoms with Crippen LogP contribution in [0.25, 0.3) is 10.8 Å². The van der Waals surface area contributed by atoms with Crippen molar-refractivity contribution in [1.82, 2.24) is 15.5 Å². The molecule has 2 aromatic rings. The molecule has 0 unspecified atom stereocenters. The van der Waals surface area contributed by atoms with Gasteiger partial charge in [0, 0.05) is 11.4 Å². The molecule has 1 aromatic carbocycles. The number of aromatic nitrogens is 2. The Kier molecular flexibility index (Phi) is 5.11. The number of nitrogens with one attached hydrogen (secondary N) is 2. The Morgan fingerprint density at radius 3 is 2.72 bits per heavy atom. The van der Waals surface area contributed by atoms with Crippen LogP contribution in [0, 0.1) is 5.92 Å². The largest absolute Gasteiger partial charge is 0.451 e. The number of ether oxygens (including phenoxy) is 1. The standard InChI is InChI=1S/C18H21N3O4/c1-11-6-2-5-9-14(11)19-15(22)10-25-18(24)16-12-7-3-4-8-13(12)17(23)21-20-16/h3-4,7-8,11,14H,2,5-6,9-10H2,1H3,(H,19,22)(H,21,23)/t11-,14-/m0/s1. The van der Waals surface area contributed by atoms with Gasteiger partial charge in [0.25, 0.3) is 11.5 Å². The van der Waals surface area contributed by atoms with Crippen LogP contribution in [-0.4, -0.2) is 34.7 Å². The van der Waals surface area contributed by atoms with E-state index in [0.29, 0.717) is 16.7 Å². The number of amides is 1. The van der Waals surface area contributed by atoms with Gasteiger partial charge in [0.15, 0.2) is 12.3 Å². The number of carbonyl (C=O) groups is 2. The Labute approximate surface area is 144 Å². The molecule has 0 bridgehead atoms. The fourth-order valence-corrected chi connectivity index (χ4v) is 3.25. The second-order valence-corrected chi connectivity index (χ2v) is 6.46. The van der Waals surface area contributed by atoms with Crippen molar-refractivity contribution in [3.8, 4) is 0 Å². The summed E-state index contributed by atoms with van der Waals surface area (Å²) in [5.41, 5.74) is -0.384. The summed E-state index contributed by atoms with van der Waals surface area (Å²) in [6, 6.07) is 6.76. The highest BCUT2D eigenvalue weighted by molar-refractivity contribution is 6.02. The average molecular weight is 343 g/mol. The van der Waals surface area contributed by atoms with Gasteiger partial charge in [-0.3, -0.25) is 9.59 Å². The van der Waals surface area contributed by atoms with Gasteiger partial charge in [0.2, 0.25) is 0 Å². The molecule has 1 aliphatic rings. The van der Waals surface area contributed by atoms with E-state index in [9.17, 15) is 14.4 Å². The molecule has 132 valence electrons. The summed E-state index contributed by atoms with van der Waals surface area (Å²) >= 11 is 0. The molecule has 1 amide bonds. The Morgan fingerprint density at radius 1 is 1.24 bits per heavy atom. The van der Waals surface area contributed by atoms with Crippen molar-refractivity contribution in [2.24, 2.45) is 5.92 Å². The molecular formula is C18H21N3O4. The first-order valence-corrected chi connectivity index (χ1v) is 8.50. The van der Waals surface area contributed by atoms with Crippen LogP contribution in [0.2, 0.25) is 0 Å². The fourth-order valence-electron chi connectivity index (χ4n) is 3.25. The van der Waals surface area contributed by atoms with Gasteiger partial charge in [-0.05, 0) is 24.8 Å². The smallest absolute Gasteiger partial charge is 0.359 e. The lowest BCUT2D eigenvalue weighted by molar-refractivity contribution is -0.125. The van der Waals surface area contributed by atoms with Gasteiger partial charge in [0.1, 0.15) is 0 Å². The monoisotopic (exact) mass is 343 g/mol. The zero-order chi connectivity index (χ0) is 17.8. The van der Waals surface area contributed by atoms with Gasteiger partial charge < -0.3 is 10.1 Å². The summed E-state index contributed by atoms with van der Waals surface area (Å²) in [5.74, 6) is -0.627. The van der Waals surface area contributed by atoms with Crippen molar-refractivity contribution in [1.29, 1.82) is 0 Å². The third kappa shape index (κ3) is 3.87. The van der Waals surface area contributed by atoms with E-state index in [2.05, 4.69) is 22.4 Å². The van der Waals surface area contributed by atoms with Crippen molar-refractivity contribution in [3.63, 3.8) is 0 Å². The lowest BCUT2D eigenvalue weighted by Gasteiger charge is -2.29. The quantitative estimate of drug-likeness (QED) is 0.824. The number of esters is 1. The number of benzene rings is 1. The molecule has 1 aromatic heterocycles. The van der Waals surface area contributed by atoms with Gasteiger partial charge in [-0.15, -0.1) is 0 Å². The van der Waals surface area contributed by atoms with Crippen LogP contribution >= 0.6 is 0 Å². The number of rotatable bonds is 4. The first-order valence-electron chi connectivity index (χ1n) is 8.50. The van der Waals surface area contributed by atoms with Gasteiger partial charge in [-0.2, -0.15) is 5.10 Å². The Hall–Kier alpha value is -2.70. The molecule has 2 atom stereocenters. The highest BCUT2D eigenvalue weighted by atomic mass is 16.5. The molecule has 1 heterocycles. The second kappa shape index (κ2) is 7.46. The summed E-state index contributed by atoms with van der Waals surface area (Å²) in [4.78, 5) is 36.0. The molecule has 0 aliphatic heterocycles. The molecule has 1 fully saturated rings. The molecule has 0 radical (unpaired) electrons. The van der Waals surface area contributed by atoms with Gasteiger partial charge >= 0.3 is 5.97 Å². The Balaban J connectivity index is 1.64. The van der Waals surface area contributed by atoms with Crippen LogP contribution in [-0.2, 0) is 9.53 Å². The summed E-state index contributed by atoms with van der Waals surface area (Å²) in [5, 5.41) is 9.72. The van der Waals surface area contributed by atoms with Crippen molar-refractivity contribution in [2.75, 3.05) is 6.61 Å². The van der Waals surface area contributed by atoms with E-state index in [-0.39, 0.29) is 29.8 Å². The van der Waals surface area contributed by atoms with Crippen LogP contribution in [0.5, 0.6) is 0 Å². The highest BCUT2D eigenvalue weighted by Gasteiger charge is 2.23. The number of hydrogen-bond acceptors (Lipinski definition) is 5. The van der Waals surface area contributed by atoms with E-state index >= 15 is 0 Å².